The maximum Gasteiger partial charge on any atom is 0.0625 e. The van der Waals surface area contributed by atoms with Crippen LogP contribution in [0.2, 0.25) is 0 Å². The van der Waals surface area contributed by atoms with Crippen LogP contribution in [0.1, 0.15) is 20.3 Å². The van der Waals surface area contributed by atoms with Crippen LogP contribution in [0.15, 0.2) is 0 Å². The second kappa shape index (κ2) is 4.21. The molecule has 0 aliphatic carbocycles. The van der Waals surface area contributed by atoms with Crippen molar-refractivity contribution in [2.75, 3.05) is 13.7 Å². The first-order chi connectivity index (χ1) is 5.65. The van der Waals surface area contributed by atoms with E-state index in [9.17, 15) is 0 Å². The molecule has 0 bridgehead atoms. The Morgan fingerprint density at radius 2 is 2.33 bits per heavy atom. The maximum absolute atomic E-state index is 5.89. The quantitative estimate of drug-likeness (QED) is 0.685. The van der Waals surface area contributed by atoms with Crippen molar-refractivity contribution in [1.29, 1.82) is 0 Å². The van der Waals surface area contributed by atoms with Gasteiger partial charge in [-0.15, -0.1) is 0 Å². The summed E-state index contributed by atoms with van der Waals surface area (Å²) in [6, 6.07) is 0.192. The fourth-order valence-corrected chi connectivity index (χ4v) is 1.70. The highest BCUT2D eigenvalue weighted by Crippen LogP contribution is 2.24. The summed E-state index contributed by atoms with van der Waals surface area (Å²) in [6.07, 6.45) is 1.57. The lowest BCUT2D eigenvalue weighted by molar-refractivity contribution is 0.0634. The Hall–Kier alpha value is -0.120. The Balaban J connectivity index is 2.38. The molecule has 4 unspecified atom stereocenters. The predicted octanol–water partition coefficient (Wildman–Crippen LogP) is 0.774. The summed E-state index contributed by atoms with van der Waals surface area (Å²) in [5.41, 5.74) is 5.89. The van der Waals surface area contributed by atoms with Gasteiger partial charge >= 0.3 is 0 Å². The van der Waals surface area contributed by atoms with E-state index in [4.69, 9.17) is 15.2 Å². The molecule has 0 amide bonds. The molecule has 1 fully saturated rings. The standard InChI is InChI=1S/C9H19NO2/c1-6(11-3)4-8-7(2)12-5-9(8)10/h6-9H,4-5,10H2,1-3H3. The van der Waals surface area contributed by atoms with E-state index in [0.29, 0.717) is 12.5 Å². The summed E-state index contributed by atoms with van der Waals surface area (Å²) in [5, 5.41) is 0. The van der Waals surface area contributed by atoms with Gasteiger partial charge in [0, 0.05) is 19.1 Å². The van der Waals surface area contributed by atoms with Crippen molar-refractivity contribution in [3.63, 3.8) is 0 Å². The second-order valence-corrected chi connectivity index (χ2v) is 3.65. The van der Waals surface area contributed by atoms with Crippen LogP contribution in [0.4, 0.5) is 0 Å². The summed E-state index contributed by atoms with van der Waals surface area (Å²) >= 11 is 0. The zero-order valence-electron chi connectivity index (χ0n) is 8.12. The molecule has 1 heterocycles. The highest BCUT2D eigenvalue weighted by molar-refractivity contribution is 4.85. The Labute approximate surface area is 74.2 Å². The third-order valence-corrected chi connectivity index (χ3v) is 2.71. The van der Waals surface area contributed by atoms with Crippen molar-refractivity contribution in [2.45, 2.75) is 38.5 Å². The first-order valence-electron chi connectivity index (χ1n) is 4.55. The molecule has 1 rings (SSSR count). The molecule has 2 N–H and O–H groups in total. The third-order valence-electron chi connectivity index (χ3n) is 2.71. The fourth-order valence-electron chi connectivity index (χ4n) is 1.70. The average Bonchev–Trinajstić information content (AvgIpc) is 2.35. The van der Waals surface area contributed by atoms with Gasteiger partial charge in [0.05, 0.1) is 18.8 Å². The van der Waals surface area contributed by atoms with E-state index in [2.05, 4.69) is 13.8 Å². The zero-order valence-corrected chi connectivity index (χ0v) is 8.12. The van der Waals surface area contributed by atoms with Crippen LogP contribution in [0, 0.1) is 5.92 Å². The molecule has 0 aromatic carbocycles. The van der Waals surface area contributed by atoms with E-state index in [1.807, 2.05) is 0 Å². The largest absolute Gasteiger partial charge is 0.382 e. The first kappa shape index (κ1) is 9.96. The van der Waals surface area contributed by atoms with Gasteiger partial charge in [0.25, 0.3) is 0 Å². The summed E-state index contributed by atoms with van der Waals surface area (Å²) in [7, 11) is 1.73. The molecule has 0 spiro atoms. The minimum Gasteiger partial charge on any atom is -0.382 e. The number of ether oxygens (including phenoxy) is 2. The topological polar surface area (TPSA) is 44.5 Å². The van der Waals surface area contributed by atoms with Gasteiger partial charge in [-0.05, 0) is 20.3 Å². The van der Waals surface area contributed by atoms with E-state index in [-0.39, 0.29) is 18.2 Å². The molecule has 3 nitrogen and oxygen atoms in total. The summed E-state index contributed by atoms with van der Waals surface area (Å²) in [6.45, 7) is 4.85. The van der Waals surface area contributed by atoms with Crippen LogP contribution in [-0.2, 0) is 9.47 Å². The number of methoxy groups -OCH3 is 1. The van der Waals surface area contributed by atoms with Crippen LogP contribution in [0.25, 0.3) is 0 Å². The minimum atomic E-state index is 0.192. The van der Waals surface area contributed by atoms with Gasteiger partial charge in [-0.25, -0.2) is 0 Å². The predicted molar refractivity (Wildman–Crippen MR) is 48.0 cm³/mol. The second-order valence-electron chi connectivity index (χ2n) is 3.65. The molecule has 0 aromatic rings. The van der Waals surface area contributed by atoms with Crippen LogP contribution < -0.4 is 5.73 Å². The SMILES string of the molecule is COC(C)CC1C(N)COC1C. The Bertz CT molecular complexity index is 130. The molecule has 1 saturated heterocycles. The molecule has 3 heteroatoms. The van der Waals surface area contributed by atoms with Gasteiger partial charge in [0.2, 0.25) is 0 Å². The maximum atomic E-state index is 5.89. The molecular formula is C9H19NO2. The van der Waals surface area contributed by atoms with Crippen molar-refractivity contribution < 1.29 is 9.47 Å². The summed E-state index contributed by atoms with van der Waals surface area (Å²) in [4.78, 5) is 0. The molecule has 12 heavy (non-hydrogen) atoms. The van der Waals surface area contributed by atoms with Gasteiger partial charge < -0.3 is 15.2 Å². The summed E-state index contributed by atoms with van der Waals surface area (Å²) in [5.74, 6) is 0.458. The van der Waals surface area contributed by atoms with Gasteiger partial charge in [-0.1, -0.05) is 0 Å². The van der Waals surface area contributed by atoms with Crippen LogP contribution in [0.5, 0.6) is 0 Å². The lowest BCUT2D eigenvalue weighted by Gasteiger charge is -2.20. The Kier molecular flexibility index (Phi) is 3.50. The molecule has 4 atom stereocenters. The average molecular weight is 173 g/mol. The smallest absolute Gasteiger partial charge is 0.0625 e. The fraction of sp³-hybridized carbons (Fsp3) is 1.00. The van der Waals surface area contributed by atoms with Gasteiger partial charge in [0.15, 0.2) is 0 Å². The van der Waals surface area contributed by atoms with Crippen LogP contribution in [0.3, 0.4) is 0 Å². The molecule has 1 aliphatic heterocycles. The van der Waals surface area contributed by atoms with Crippen molar-refractivity contribution in [2.24, 2.45) is 11.7 Å². The minimum absolute atomic E-state index is 0.192. The van der Waals surface area contributed by atoms with E-state index >= 15 is 0 Å². The van der Waals surface area contributed by atoms with Crippen LogP contribution >= 0.6 is 0 Å². The number of rotatable bonds is 3. The first-order valence-corrected chi connectivity index (χ1v) is 4.55. The van der Waals surface area contributed by atoms with E-state index < -0.39 is 0 Å². The van der Waals surface area contributed by atoms with Crippen molar-refractivity contribution in [3.8, 4) is 0 Å². The van der Waals surface area contributed by atoms with Crippen molar-refractivity contribution in [1.82, 2.24) is 0 Å². The molecule has 0 aromatic heterocycles. The summed E-state index contributed by atoms with van der Waals surface area (Å²) < 4.78 is 10.6. The Morgan fingerprint density at radius 3 is 2.75 bits per heavy atom. The molecule has 0 radical (unpaired) electrons. The molecule has 72 valence electrons. The highest BCUT2D eigenvalue weighted by atomic mass is 16.5. The monoisotopic (exact) mass is 173 g/mol. The Morgan fingerprint density at radius 1 is 1.67 bits per heavy atom. The van der Waals surface area contributed by atoms with E-state index in [1.165, 1.54) is 0 Å². The molecular weight excluding hydrogens is 154 g/mol. The van der Waals surface area contributed by atoms with Crippen molar-refractivity contribution >= 4 is 0 Å². The van der Waals surface area contributed by atoms with E-state index in [0.717, 1.165) is 6.42 Å². The highest BCUT2D eigenvalue weighted by Gasteiger charge is 2.32. The lowest BCUT2D eigenvalue weighted by atomic mass is 9.92. The van der Waals surface area contributed by atoms with Crippen LogP contribution in [-0.4, -0.2) is 32.0 Å². The third kappa shape index (κ3) is 2.19. The van der Waals surface area contributed by atoms with Gasteiger partial charge in [-0.3, -0.25) is 0 Å². The molecule has 1 aliphatic rings. The van der Waals surface area contributed by atoms with E-state index in [1.54, 1.807) is 7.11 Å². The normalized spacial score (nSPS) is 38.5. The zero-order chi connectivity index (χ0) is 9.14. The van der Waals surface area contributed by atoms with Crippen molar-refractivity contribution in [3.05, 3.63) is 0 Å². The molecule has 0 saturated carbocycles. The number of hydrogen-bond donors (Lipinski definition) is 1. The van der Waals surface area contributed by atoms with Gasteiger partial charge in [0.1, 0.15) is 0 Å². The number of nitrogens with two attached hydrogens (primary N) is 1. The van der Waals surface area contributed by atoms with Gasteiger partial charge in [-0.2, -0.15) is 0 Å². The lowest BCUT2D eigenvalue weighted by Crippen LogP contribution is -2.33. The number of hydrogen-bond acceptors (Lipinski definition) is 3.